The van der Waals surface area contributed by atoms with Gasteiger partial charge in [-0.05, 0) is 47.2 Å². The van der Waals surface area contributed by atoms with Crippen molar-refractivity contribution < 1.29 is 4.42 Å². The van der Waals surface area contributed by atoms with Crippen LogP contribution in [0.15, 0.2) is 88.7 Å². The average molecular weight is 342 g/mol. The maximum atomic E-state index is 6.06. The number of allylic oxidation sites excluding steroid dienone is 6. The largest absolute Gasteiger partial charge is 0.457 e. The molecule has 0 amide bonds. The Kier molecular flexibility index (Phi) is 4.62. The molecule has 0 saturated carbocycles. The van der Waals surface area contributed by atoms with Crippen molar-refractivity contribution in [1.29, 1.82) is 0 Å². The fourth-order valence-corrected chi connectivity index (χ4v) is 3.70. The first-order chi connectivity index (χ1) is 12.4. The topological polar surface area (TPSA) is 13.1 Å². The fraction of sp³-hybridized carbons (Fsp3) is 0.0435. The zero-order valence-electron chi connectivity index (χ0n) is 13.8. The second kappa shape index (κ2) is 7.37. The molecule has 1 nitrogen and oxygen atoms in total. The van der Waals surface area contributed by atoms with Crippen LogP contribution >= 0.6 is 11.3 Å². The van der Waals surface area contributed by atoms with E-state index in [1.807, 2.05) is 36.4 Å². The number of furan rings is 1. The van der Waals surface area contributed by atoms with E-state index in [1.165, 1.54) is 10.5 Å². The van der Waals surface area contributed by atoms with E-state index in [9.17, 15) is 0 Å². The lowest BCUT2D eigenvalue weighted by molar-refractivity contribution is 0.572. The molecule has 1 aliphatic rings. The molecule has 3 aromatic rings. The second-order valence-electron chi connectivity index (χ2n) is 5.80. The van der Waals surface area contributed by atoms with Crippen LogP contribution in [0.2, 0.25) is 0 Å². The van der Waals surface area contributed by atoms with Crippen molar-refractivity contribution in [1.82, 2.24) is 0 Å². The maximum absolute atomic E-state index is 6.06. The van der Waals surface area contributed by atoms with Gasteiger partial charge >= 0.3 is 0 Å². The summed E-state index contributed by atoms with van der Waals surface area (Å²) in [4.78, 5) is 1.25. The average Bonchev–Trinajstić information content (AvgIpc) is 3.24. The molecule has 4 rings (SSSR count). The third-order valence-electron chi connectivity index (χ3n) is 4.04. The van der Waals surface area contributed by atoms with Crippen LogP contribution in [0.1, 0.15) is 22.6 Å². The van der Waals surface area contributed by atoms with Gasteiger partial charge in [0.15, 0.2) is 0 Å². The van der Waals surface area contributed by atoms with Crippen LogP contribution in [0.3, 0.4) is 0 Å². The van der Waals surface area contributed by atoms with E-state index < -0.39 is 0 Å². The molecule has 0 spiro atoms. The van der Waals surface area contributed by atoms with Gasteiger partial charge in [0.2, 0.25) is 0 Å². The Morgan fingerprint density at radius 1 is 0.920 bits per heavy atom. The normalized spacial score (nSPS) is 14.0. The molecular formula is C23H18OS. The minimum absolute atomic E-state index is 0.862. The van der Waals surface area contributed by atoms with Crippen LogP contribution in [0.5, 0.6) is 0 Å². The van der Waals surface area contributed by atoms with Gasteiger partial charge in [0, 0.05) is 10.4 Å². The van der Waals surface area contributed by atoms with Gasteiger partial charge in [-0.25, -0.2) is 0 Å². The molecule has 2 heterocycles. The predicted octanol–water partition coefficient (Wildman–Crippen LogP) is 7.08. The molecule has 0 unspecified atom stereocenters. The van der Waals surface area contributed by atoms with Gasteiger partial charge in [-0.3, -0.25) is 0 Å². The van der Waals surface area contributed by atoms with Gasteiger partial charge in [-0.1, -0.05) is 66.8 Å². The van der Waals surface area contributed by atoms with E-state index in [-0.39, 0.29) is 0 Å². The Balaban J connectivity index is 1.61. The smallest absolute Gasteiger partial charge is 0.136 e. The van der Waals surface area contributed by atoms with Crippen LogP contribution < -0.4 is 0 Å². The van der Waals surface area contributed by atoms with Gasteiger partial charge in [-0.15, -0.1) is 11.3 Å². The third kappa shape index (κ3) is 3.65. The highest BCUT2D eigenvalue weighted by atomic mass is 32.1. The minimum Gasteiger partial charge on any atom is -0.457 e. The quantitative estimate of drug-likeness (QED) is 0.494. The lowest BCUT2D eigenvalue weighted by atomic mass is 10.1. The molecular weight excluding hydrogens is 324 g/mol. The van der Waals surface area contributed by atoms with E-state index in [0.717, 1.165) is 29.1 Å². The second-order valence-corrected chi connectivity index (χ2v) is 6.71. The summed E-state index contributed by atoms with van der Waals surface area (Å²) < 4.78 is 6.06. The number of hydrogen-bond acceptors (Lipinski definition) is 2. The molecule has 2 heteroatoms. The number of hydrogen-bond donors (Lipinski definition) is 0. The van der Waals surface area contributed by atoms with Crippen molar-refractivity contribution in [2.75, 3.05) is 0 Å². The molecule has 0 radical (unpaired) electrons. The highest BCUT2D eigenvalue weighted by Gasteiger charge is 2.13. The summed E-state index contributed by atoms with van der Waals surface area (Å²) in [6.07, 6.45) is 15.9. The van der Waals surface area contributed by atoms with Gasteiger partial charge in [0.05, 0.1) is 0 Å². The summed E-state index contributed by atoms with van der Waals surface area (Å²) in [5, 5.41) is 2.12. The van der Waals surface area contributed by atoms with Gasteiger partial charge in [-0.2, -0.15) is 0 Å². The summed E-state index contributed by atoms with van der Waals surface area (Å²) >= 11 is 1.75. The number of benzene rings is 1. The Labute approximate surface area is 152 Å². The van der Waals surface area contributed by atoms with E-state index in [0.29, 0.717) is 0 Å². The van der Waals surface area contributed by atoms with Crippen LogP contribution in [0.4, 0.5) is 0 Å². The van der Waals surface area contributed by atoms with Crippen molar-refractivity contribution >= 4 is 29.1 Å². The Hall–Kier alpha value is -2.84. The van der Waals surface area contributed by atoms with Gasteiger partial charge in [0.25, 0.3) is 0 Å². The van der Waals surface area contributed by atoms with Crippen LogP contribution in [0.25, 0.3) is 29.0 Å². The van der Waals surface area contributed by atoms with Crippen molar-refractivity contribution in [3.05, 3.63) is 100 Å². The summed E-state index contributed by atoms with van der Waals surface area (Å²) in [5.74, 6) is 1.77. The molecule has 0 atom stereocenters. The summed E-state index contributed by atoms with van der Waals surface area (Å²) in [5.41, 5.74) is 3.55. The van der Waals surface area contributed by atoms with Crippen LogP contribution in [-0.2, 0) is 0 Å². The highest BCUT2D eigenvalue weighted by Crippen LogP contribution is 2.36. The first-order valence-electron chi connectivity index (χ1n) is 8.35. The minimum atomic E-state index is 0.862. The standard InChI is InChI=1S/C23H18OS/c1-2-7-11-19(10-6-1)23-21(16-17-25-23)22-15-14-20(24-22)13-12-18-8-4-3-5-9-18/h1,3-17H,2H2/b13-12+. The van der Waals surface area contributed by atoms with Crippen molar-refractivity contribution in [3.63, 3.8) is 0 Å². The SMILES string of the molecule is C1=CCC=CC(c2sccc2-c2ccc(/C=C/c3ccccc3)o2)=C1. The Morgan fingerprint density at radius 2 is 1.84 bits per heavy atom. The molecule has 122 valence electrons. The van der Waals surface area contributed by atoms with Crippen molar-refractivity contribution in [2.45, 2.75) is 6.42 Å². The summed E-state index contributed by atoms with van der Waals surface area (Å²) in [6.45, 7) is 0. The van der Waals surface area contributed by atoms with Crippen molar-refractivity contribution in [2.24, 2.45) is 0 Å². The molecule has 2 aromatic heterocycles. The van der Waals surface area contributed by atoms with Crippen molar-refractivity contribution in [3.8, 4) is 11.3 Å². The fourth-order valence-electron chi connectivity index (χ4n) is 2.79. The van der Waals surface area contributed by atoms with E-state index >= 15 is 0 Å². The van der Waals surface area contributed by atoms with Gasteiger partial charge in [0.1, 0.15) is 11.5 Å². The molecule has 0 saturated heterocycles. The zero-order valence-corrected chi connectivity index (χ0v) is 14.6. The summed E-state index contributed by atoms with van der Waals surface area (Å²) in [6, 6.07) is 16.4. The zero-order chi connectivity index (χ0) is 16.9. The Bertz CT molecular complexity index is 964. The van der Waals surface area contributed by atoms with E-state index in [4.69, 9.17) is 4.42 Å². The van der Waals surface area contributed by atoms with Crippen LogP contribution in [0, 0.1) is 0 Å². The molecule has 1 aromatic carbocycles. The first kappa shape index (κ1) is 15.7. The molecule has 1 aliphatic carbocycles. The Morgan fingerprint density at radius 3 is 2.76 bits per heavy atom. The number of rotatable bonds is 4. The lowest BCUT2D eigenvalue weighted by Crippen LogP contribution is -1.79. The molecule has 0 bridgehead atoms. The monoisotopic (exact) mass is 342 g/mol. The van der Waals surface area contributed by atoms with Gasteiger partial charge < -0.3 is 4.42 Å². The summed E-state index contributed by atoms with van der Waals surface area (Å²) in [7, 11) is 0. The third-order valence-corrected chi connectivity index (χ3v) is 5.00. The first-order valence-corrected chi connectivity index (χ1v) is 9.23. The highest BCUT2D eigenvalue weighted by molar-refractivity contribution is 7.11. The van der Waals surface area contributed by atoms with E-state index in [1.54, 1.807) is 11.3 Å². The molecule has 25 heavy (non-hydrogen) atoms. The van der Waals surface area contributed by atoms with Crippen LogP contribution in [-0.4, -0.2) is 0 Å². The molecule has 0 aliphatic heterocycles. The maximum Gasteiger partial charge on any atom is 0.136 e. The molecule has 0 N–H and O–H groups in total. The number of thiophene rings is 1. The molecule has 0 fully saturated rings. The van der Waals surface area contributed by atoms with E-state index in [2.05, 4.69) is 60.0 Å². The predicted molar refractivity (Wildman–Crippen MR) is 108 cm³/mol. The lowest BCUT2D eigenvalue weighted by Gasteiger charge is -2.02.